The Morgan fingerprint density at radius 3 is 2.83 bits per heavy atom. The van der Waals surface area contributed by atoms with Crippen LogP contribution in [0, 0.1) is 6.92 Å². The first-order chi connectivity index (χ1) is 8.28. The summed E-state index contributed by atoms with van der Waals surface area (Å²) in [7, 11) is -3.57. The van der Waals surface area contributed by atoms with Crippen molar-refractivity contribution in [2.75, 3.05) is 13.2 Å². The second-order valence-corrected chi connectivity index (χ2v) is 6.37. The third kappa shape index (κ3) is 3.08. The lowest BCUT2D eigenvalue weighted by Gasteiger charge is -2.17. The van der Waals surface area contributed by atoms with E-state index >= 15 is 0 Å². The van der Waals surface area contributed by atoms with Crippen molar-refractivity contribution in [2.45, 2.75) is 37.7 Å². The molecule has 0 aliphatic carbocycles. The summed E-state index contributed by atoms with van der Waals surface area (Å²) in [4.78, 5) is 6.53. The zero-order chi connectivity index (χ0) is 13.4. The third-order valence-electron chi connectivity index (χ3n) is 2.54. The van der Waals surface area contributed by atoms with Crippen molar-refractivity contribution in [3.63, 3.8) is 0 Å². The predicted molar refractivity (Wildman–Crippen MR) is 63.4 cm³/mol. The van der Waals surface area contributed by atoms with Gasteiger partial charge in [0, 0.05) is 6.54 Å². The average molecular weight is 275 g/mol. The van der Waals surface area contributed by atoms with Crippen LogP contribution in [0.15, 0.2) is 11.2 Å². The maximum atomic E-state index is 11.9. The number of nitrogens with zero attached hydrogens (tertiary/aromatic N) is 1. The number of H-pyrrole nitrogens is 1. The monoisotopic (exact) mass is 275 g/mol. The Kier molecular flexibility index (Phi) is 3.45. The molecule has 2 N–H and O–H groups in total. The van der Waals surface area contributed by atoms with E-state index in [4.69, 9.17) is 9.47 Å². The highest BCUT2D eigenvalue weighted by Crippen LogP contribution is 2.21. The summed E-state index contributed by atoms with van der Waals surface area (Å²) < 4.78 is 37.1. The summed E-state index contributed by atoms with van der Waals surface area (Å²) in [6.07, 6.45) is 1.01. The minimum Gasteiger partial charge on any atom is -0.348 e. The van der Waals surface area contributed by atoms with Crippen LogP contribution in [-0.4, -0.2) is 43.4 Å². The molecule has 0 saturated carbocycles. The van der Waals surface area contributed by atoms with Gasteiger partial charge in [-0.2, -0.15) is 0 Å². The second kappa shape index (κ2) is 4.61. The Hall–Kier alpha value is -0.960. The molecular weight excluding hydrogens is 258 g/mol. The molecule has 8 heteroatoms. The summed E-state index contributed by atoms with van der Waals surface area (Å²) in [6.45, 7) is 5.82. The number of nitrogens with one attached hydrogen (secondary N) is 2. The van der Waals surface area contributed by atoms with E-state index in [9.17, 15) is 8.42 Å². The molecule has 1 aromatic rings. The van der Waals surface area contributed by atoms with Gasteiger partial charge in [-0.25, -0.2) is 18.1 Å². The van der Waals surface area contributed by atoms with Crippen LogP contribution in [0.4, 0.5) is 0 Å². The van der Waals surface area contributed by atoms with Gasteiger partial charge in [0.2, 0.25) is 0 Å². The van der Waals surface area contributed by atoms with E-state index in [-0.39, 0.29) is 17.7 Å². The molecule has 1 atom stereocenters. The lowest BCUT2D eigenvalue weighted by atomic mass is 10.4. The third-order valence-corrected chi connectivity index (χ3v) is 3.87. The van der Waals surface area contributed by atoms with Gasteiger partial charge < -0.3 is 14.5 Å². The van der Waals surface area contributed by atoms with Crippen LogP contribution >= 0.6 is 0 Å². The number of imidazole rings is 1. The van der Waals surface area contributed by atoms with Gasteiger partial charge in [-0.15, -0.1) is 0 Å². The molecule has 1 saturated heterocycles. The summed E-state index contributed by atoms with van der Waals surface area (Å²) in [6, 6.07) is 0. The number of aromatic nitrogens is 2. The van der Waals surface area contributed by atoms with Gasteiger partial charge in [0.05, 0.1) is 18.9 Å². The maximum Gasteiger partial charge on any atom is 0.257 e. The van der Waals surface area contributed by atoms with Gasteiger partial charge in [0.1, 0.15) is 5.82 Å². The summed E-state index contributed by atoms with van der Waals surface area (Å²) in [5, 5.41) is 0.0539. The lowest BCUT2D eigenvalue weighted by Crippen LogP contribution is -2.34. The predicted octanol–water partition coefficient (Wildman–Crippen LogP) is 0.148. The molecular formula is C10H17N3O4S. The van der Waals surface area contributed by atoms with Crippen LogP contribution < -0.4 is 4.72 Å². The number of hydrogen-bond donors (Lipinski definition) is 2. The van der Waals surface area contributed by atoms with Gasteiger partial charge in [-0.1, -0.05) is 0 Å². The Morgan fingerprint density at radius 1 is 1.61 bits per heavy atom. The number of aromatic amines is 1. The highest BCUT2D eigenvalue weighted by Gasteiger charge is 2.33. The summed E-state index contributed by atoms with van der Waals surface area (Å²) >= 11 is 0. The van der Waals surface area contributed by atoms with Gasteiger partial charge in [-0.05, 0) is 20.8 Å². The Bertz CT molecular complexity index is 523. The highest BCUT2D eigenvalue weighted by molar-refractivity contribution is 7.89. The van der Waals surface area contributed by atoms with E-state index in [0.717, 1.165) is 0 Å². The molecule has 1 aliphatic heterocycles. The smallest absolute Gasteiger partial charge is 0.257 e. The number of sulfonamides is 1. The van der Waals surface area contributed by atoms with Crippen LogP contribution in [0.2, 0.25) is 0 Å². The molecule has 0 spiro atoms. The van der Waals surface area contributed by atoms with Crippen molar-refractivity contribution >= 4 is 10.0 Å². The molecule has 1 fully saturated rings. The fourth-order valence-electron chi connectivity index (χ4n) is 1.68. The first-order valence-electron chi connectivity index (χ1n) is 5.61. The molecule has 0 radical (unpaired) electrons. The van der Waals surface area contributed by atoms with Crippen molar-refractivity contribution < 1.29 is 17.9 Å². The maximum absolute atomic E-state index is 11.9. The van der Waals surface area contributed by atoms with Crippen molar-refractivity contribution in [1.82, 2.24) is 14.7 Å². The topological polar surface area (TPSA) is 93.3 Å². The second-order valence-electron chi connectivity index (χ2n) is 4.64. The number of rotatable bonds is 4. The van der Waals surface area contributed by atoms with Crippen molar-refractivity contribution in [3.05, 3.63) is 12.0 Å². The average Bonchev–Trinajstić information content (AvgIpc) is 2.82. The lowest BCUT2D eigenvalue weighted by molar-refractivity contribution is -0.137. The Morgan fingerprint density at radius 2 is 2.33 bits per heavy atom. The van der Waals surface area contributed by atoms with E-state index in [0.29, 0.717) is 12.4 Å². The molecule has 1 aliphatic rings. The Labute approximate surface area is 106 Å². The van der Waals surface area contributed by atoms with E-state index < -0.39 is 15.8 Å². The van der Waals surface area contributed by atoms with Crippen molar-refractivity contribution in [2.24, 2.45) is 0 Å². The fourth-order valence-corrected chi connectivity index (χ4v) is 2.71. The molecule has 0 bridgehead atoms. The molecule has 1 unspecified atom stereocenters. The molecule has 2 rings (SSSR count). The van der Waals surface area contributed by atoms with Crippen molar-refractivity contribution in [3.8, 4) is 0 Å². The molecule has 1 aromatic heterocycles. The fraction of sp³-hybridized carbons (Fsp3) is 0.700. The van der Waals surface area contributed by atoms with E-state index in [1.54, 1.807) is 20.8 Å². The van der Waals surface area contributed by atoms with Crippen molar-refractivity contribution in [1.29, 1.82) is 0 Å². The highest BCUT2D eigenvalue weighted by atomic mass is 32.2. The van der Waals surface area contributed by atoms with E-state index in [1.165, 1.54) is 6.20 Å². The quantitative estimate of drug-likeness (QED) is 0.815. The normalized spacial score (nSPS) is 23.4. The van der Waals surface area contributed by atoms with Gasteiger partial charge >= 0.3 is 0 Å². The number of hydrogen-bond acceptors (Lipinski definition) is 5. The first kappa shape index (κ1) is 13.5. The standard InChI is InChI=1S/C10H17N3O4S/c1-7-11-5-9(13-7)18(14,15)12-4-8-6-16-10(2,3)17-8/h5,8,12H,4,6H2,1-3H3,(H,11,13). The number of aryl methyl sites for hydroxylation is 1. The zero-order valence-electron chi connectivity index (χ0n) is 10.6. The molecule has 2 heterocycles. The minimum absolute atomic E-state index is 0.0539. The summed E-state index contributed by atoms with van der Waals surface area (Å²) in [5.74, 6) is -0.0994. The molecule has 0 aromatic carbocycles. The largest absolute Gasteiger partial charge is 0.348 e. The van der Waals surface area contributed by atoms with Gasteiger partial charge in [-0.3, -0.25) is 0 Å². The van der Waals surface area contributed by atoms with Gasteiger partial charge in [0.25, 0.3) is 10.0 Å². The molecule has 102 valence electrons. The van der Waals surface area contributed by atoms with Crippen LogP contribution in [0.5, 0.6) is 0 Å². The summed E-state index contributed by atoms with van der Waals surface area (Å²) in [5.41, 5.74) is 0. The molecule has 7 nitrogen and oxygen atoms in total. The zero-order valence-corrected chi connectivity index (χ0v) is 11.4. The van der Waals surface area contributed by atoms with Crippen LogP contribution in [-0.2, 0) is 19.5 Å². The van der Waals surface area contributed by atoms with Crippen LogP contribution in [0.1, 0.15) is 19.7 Å². The van der Waals surface area contributed by atoms with E-state index in [2.05, 4.69) is 14.7 Å². The van der Waals surface area contributed by atoms with Gasteiger partial charge in [0.15, 0.2) is 10.8 Å². The molecule has 0 amide bonds. The molecule has 18 heavy (non-hydrogen) atoms. The SMILES string of the molecule is Cc1ncc(S(=O)(=O)NCC2COC(C)(C)O2)[nH]1. The Balaban J connectivity index is 1.94. The van der Waals surface area contributed by atoms with Crippen LogP contribution in [0.25, 0.3) is 0 Å². The minimum atomic E-state index is -3.57. The van der Waals surface area contributed by atoms with Crippen LogP contribution in [0.3, 0.4) is 0 Å². The van der Waals surface area contributed by atoms with E-state index in [1.807, 2.05) is 0 Å². The first-order valence-corrected chi connectivity index (χ1v) is 7.10. The number of ether oxygens (including phenoxy) is 2.